The third-order valence-corrected chi connectivity index (χ3v) is 5.68. The van der Waals surface area contributed by atoms with Crippen molar-refractivity contribution in [2.75, 3.05) is 25.2 Å². The third kappa shape index (κ3) is 4.25. The van der Waals surface area contributed by atoms with Crippen LogP contribution in [0.2, 0.25) is 0 Å². The normalized spacial score (nSPS) is 15.9. The number of nitrogens with zero attached hydrogens (tertiary/aromatic N) is 3. The predicted octanol–water partition coefficient (Wildman–Crippen LogP) is 3.25. The fourth-order valence-corrected chi connectivity index (χ4v) is 3.89. The number of anilines is 1. The Kier molecular flexibility index (Phi) is 5.41. The van der Waals surface area contributed by atoms with Gasteiger partial charge < -0.3 is 19.7 Å². The van der Waals surface area contributed by atoms with E-state index in [1.807, 2.05) is 24.3 Å². The number of hydrogen-bond donors (Lipinski definition) is 1. The van der Waals surface area contributed by atoms with Gasteiger partial charge in [0.15, 0.2) is 11.5 Å². The summed E-state index contributed by atoms with van der Waals surface area (Å²) in [7, 11) is 0. The highest BCUT2D eigenvalue weighted by atomic mass is 16.7. The van der Waals surface area contributed by atoms with E-state index in [0.29, 0.717) is 48.8 Å². The van der Waals surface area contributed by atoms with Gasteiger partial charge in [-0.25, -0.2) is 4.98 Å². The Morgan fingerprint density at radius 3 is 2.66 bits per heavy atom. The summed E-state index contributed by atoms with van der Waals surface area (Å²) in [5.41, 5.74) is 2.92. The fraction of sp³-hybridized carbons (Fsp3) is 0.250. The number of amides is 2. The molecule has 0 radical (unpaired) electrons. The zero-order chi connectivity index (χ0) is 21.9. The zero-order valence-electron chi connectivity index (χ0n) is 17.4. The topological polar surface area (TPSA) is 93.7 Å². The Balaban J connectivity index is 1.14. The van der Waals surface area contributed by atoms with Crippen LogP contribution in [-0.4, -0.2) is 46.6 Å². The van der Waals surface area contributed by atoms with Crippen molar-refractivity contribution in [3.05, 3.63) is 60.4 Å². The van der Waals surface area contributed by atoms with Gasteiger partial charge in [-0.3, -0.25) is 14.6 Å². The van der Waals surface area contributed by atoms with E-state index in [1.165, 1.54) is 6.08 Å². The largest absolute Gasteiger partial charge is 0.454 e. The summed E-state index contributed by atoms with van der Waals surface area (Å²) in [6.07, 6.45) is 6.09. The van der Waals surface area contributed by atoms with Crippen molar-refractivity contribution < 1.29 is 19.1 Å². The second kappa shape index (κ2) is 8.66. The van der Waals surface area contributed by atoms with Crippen molar-refractivity contribution in [2.24, 2.45) is 5.92 Å². The molecule has 32 heavy (non-hydrogen) atoms. The summed E-state index contributed by atoms with van der Waals surface area (Å²) in [6, 6.07) is 12.9. The first kappa shape index (κ1) is 20.0. The number of fused-ring (bicyclic) bond motifs is 2. The van der Waals surface area contributed by atoms with Gasteiger partial charge in [0, 0.05) is 36.8 Å². The minimum atomic E-state index is -0.139. The number of hydrogen-bond acceptors (Lipinski definition) is 6. The molecular formula is C24H22N4O4. The van der Waals surface area contributed by atoms with Gasteiger partial charge in [-0.2, -0.15) is 0 Å². The molecule has 0 unspecified atom stereocenters. The molecule has 2 aliphatic rings. The number of ether oxygens (including phenoxy) is 2. The molecule has 8 heteroatoms. The molecule has 162 valence electrons. The van der Waals surface area contributed by atoms with Crippen LogP contribution in [0.15, 0.2) is 54.7 Å². The number of carbonyl (C=O) groups excluding carboxylic acids is 2. The lowest BCUT2D eigenvalue weighted by molar-refractivity contribution is -0.130. The van der Waals surface area contributed by atoms with Gasteiger partial charge >= 0.3 is 0 Å². The standard InChI is InChI=1S/C24H22N4O4/c29-23(8-6-18-14-25-19-3-1-2-4-20(19)26-18)28-11-9-16(10-12-28)24(30)27-17-5-7-21-22(13-17)32-15-31-21/h1-8,13-14,16H,9-12,15H2,(H,27,30). The lowest BCUT2D eigenvalue weighted by Gasteiger charge is -2.30. The molecule has 8 nitrogen and oxygen atoms in total. The van der Waals surface area contributed by atoms with Crippen molar-refractivity contribution in [3.8, 4) is 11.5 Å². The molecule has 0 atom stereocenters. The van der Waals surface area contributed by atoms with Gasteiger partial charge in [0.1, 0.15) is 0 Å². The van der Waals surface area contributed by atoms with Crippen LogP contribution < -0.4 is 14.8 Å². The average molecular weight is 430 g/mol. The van der Waals surface area contributed by atoms with Gasteiger partial charge in [-0.1, -0.05) is 12.1 Å². The molecule has 1 fully saturated rings. The molecule has 5 rings (SSSR count). The van der Waals surface area contributed by atoms with E-state index in [9.17, 15) is 9.59 Å². The number of nitrogens with one attached hydrogen (secondary N) is 1. The number of carbonyl (C=O) groups is 2. The highest BCUT2D eigenvalue weighted by Gasteiger charge is 2.27. The lowest BCUT2D eigenvalue weighted by atomic mass is 9.95. The van der Waals surface area contributed by atoms with Crippen molar-refractivity contribution in [1.82, 2.24) is 14.9 Å². The number of para-hydroxylation sites is 2. The fourth-order valence-electron chi connectivity index (χ4n) is 3.89. The molecule has 0 bridgehead atoms. The Labute approximate surface area is 184 Å². The average Bonchev–Trinajstić information content (AvgIpc) is 3.30. The highest BCUT2D eigenvalue weighted by molar-refractivity contribution is 5.94. The third-order valence-electron chi connectivity index (χ3n) is 5.68. The van der Waals surface area contributed by atoms with Gasteiger partial charge in [-0.15, -0.1) is 0 Å². The zero-order valence-corrected chi connectivity index (χ0v) is 17.4. The summed E-state index contributed by atoms with van der Waals surface area (Å²) in [6.45, 7) is 1.26. The summed E-state index contributed by atoms with van der Waals surface area (Å²) >= 11 is 0. The number of aromatic nitrogens is 2. The summed E-state index contributed by atoms with van der Waals surface area (Å²) in [4.78, 5) is 35.8. The Morgan fingerprint density at radius 2 is 1.81 bits per heavy atom. The van der Waals surface area contributed by atoms with Gasteiger partial charge in [0.2, 0.25) is 18.6 Å². The monoisotopic (exact) mass is 430 g/mol. The van der Waals surface area contributed by atoms with Crippen molar-refractivity contribution in [1.29, 1.82) is 0 Å². The molecule has 1 aromatic heterocycles. The summed E-state index contributed by atoms with van der Waals surface area (Å²) in [5.74, 6) is 1.04. The first-order chi connectivity index (χ1) is 15.7. The van der Waals surface area contributed by atoms with E-state index in [1.54, 1.807) is 35.4 Å². The molecule has 3 aromatic rings. The number of piperidine rings is 1. The van der Waals surface area contributed by atoms with Gasteiger partial charge in [0.05, 0.1) is 22.9 Å². The predicted molar refractivity (Wildman–Crippen MR) is 119 cm³/mol. The maximum absolute atomic E-state index is 12.6. The molecule has 2 aliphatic heterocycles. The van der Waals surface area contributed by atoms with Crippen molar-refractivity contribution in [3.63, 3.8) is 0 Å². The Morgan fingerprint density at radius 1 is 1.03 bits per heavy atom. The van der Waals surface area contributed by atoms with E-state index in [2.05, 4.69) is 15.3 Å². The minimum Gasteiger partial charge on any atom is -0.454 e. The molecule has 1 saturated heterocycles. The summed E-state index contributed by atoms with van der Waals surface area (Å²) in [5, 5.41) is 2.94. The molecule has 2 aromatic carbocycles. The van der Waals surface area contributed by atoms with Crippen molar-refractivity contribution >= 4 is 34.6 Å². The molecule has 1 N–H and O–H groups in total. The van der Waals surface area contributed by atoms with Crippen LogP contribution in [0.1, 0.15) is 18.5 Å². The van der Waals surface area contributed by atoms with Crippen LogP contribution >= 0.6 is 0 Å². The van der Waals surface area contributed by atoms with Crippen LogP contribution in [0.3, 0.4) is 0 Å². The van der Waals surface area contributed by atoms with Crippen LogP contribution in [0.4, 0.5) is 5.69 Å². The molecule has 2 amide bonds. The first-order valence-corrected chi connectivity index (χ1v) is 10.5. The van der Waals surface area contributed by atoms with Gasteiger partial charge in [0.25, 0.3) is 0 Å². The van der Waals surface area contributed by atoms with E-state index in [4.69, 9.17) is 9.47 Å². The van der Waals surface area contributed by atoms with Gasteiger partial charge in [-0.05, 0) is 43.2 Å². The quantitative estimate of drug-likeness (QED) is 0.639. The second-order valence-electron chi connectivity index (χ2n) is 7.77. The molecule has 0 saturated carbocycles. The molecule has 3 heterocycles. The second-order valence-corrected chi connectivity index (χ2v) is 7.77. The molecule has 0 spiro atoms. The summed E-state index contributed by atoms with van der Waals surface area (Å²) < 4.78 is 10.6. The Hall–Kier alpha value is -3.94. The van der Waals surface area contributed by atoms with Crippen LogP contribution in [0.25, 0.3) is 17.1 Å². The maximum atomic E-state index is 12.6. The number of benzene rings is 2. The first-order valence-electron chi connectivity index (χ1n) is 10.5. The van der Waals surface area contributed by atoms with Crippen molar-refractivity contribution in [2.45, 2.75) is 12.8 Å². The lowest BCUT2D eigenvalue weighted by Crippen LogP contribution is -2.40. The van der Waals surface area contributed by atoms with Crippen LogP contribution in [0, 0.1) is 5.92 Å². The maximum Gasteiger partial charge on any atom is 0.246 e. The van der Waals surface area contributed by atoms with Crippen LogP contribution in [0.5, 0.6) is 11.5 Å². The van der Waals surface area contributed by atoms with E-state index < -0.39 is 0 Å². The Bertz CT molecular complexity index is 1200. The smallest absolute Gasteiger partial charge is 0.246 e. The van der Waals surface area contributed by atoms with E-state index in [-0.39, 0.29) is 24.5 Å². The minimum absolute atomic E-state index is 0.0436. The molecular weight excluding hydrogens is 408 g/mol. The van der Waals surface area contributed by atoms with Crippen LogP contribution in [-0.2, 0) is 9.59 Å². The van der Waals surface area contributed by atoms with E-state index in [0.717, 1.165) is 11.0 Å². The molecule has 0 aliphatic carbocycles. The SMILES string of the molecule is O=C(Nc1ccc2c(c1)OCO2)C1CCN(C(=O)C=Cc2cnc3ccccc3n2)CC1. The number of likely N-dealkylation sites (tertiary alicyclic amines) is 1. The highest BCUT2D eigenvalue weighted by Crippen LogP contribution is 2.34. The number of rotatable bonds is 4. The van der Waals surface area contributed by atoms with E-state index >= 15 is 0 Å².